The molecule has 0 spiro atoms. The molecule has 7 nitrogen and oxygen atoms in total. The lowest BCUT2D eigenvalue weighted by molar-refractivity contribution is -0.132. The average molecular weight is 524 g/mol. The van der Waals surface area contributed by atoms with Gasteiger partial charge in [0.05, 0.1) is 20.8 Å². The van der Waals surface area contributed by atoms with Crippen molar-refractivity contribution in [2.24, 2.45) is 0 Å². The maximum Gasteiger partial charge on any atom is 0.318 e. The van der Waals surface area contributed by atoms with E-state index in [0.29, 0.717) is 37.6 Å². The number of ether oxygens (including phenoxy) is 2. The molecule has 0 bridgehead atoms. The molecule has 0 fully saturated rings. The van der Waals surface area contributed by atoms with Gasteiger partial charge in [0, 0.05) is 24.0 Å². The first-order valence-corrected chi connectivity index (χ1v) is 13.4. The molecule has 1 unspecified atom stereocenters. The third-order valence-electron chi connectivity index (χ3n) is 6.37. The number of nitrogens with one attached hydrogen (secondary N) is 1. The van der Waals surface area contributed by atoms with Crippen LogP contribution in [0.5, 0.6) is 11.5 Å². The summed E-state index contributed by atoms with van der Waals surface area (Å²) in [7, 11) is 3.22. The Morgan fingerprint density at radius 1 is 0.973 bits per heavy atom. The van der Waals surface area contributed by atoms with Gasteiger partial charge in [-0.2, -0.15) is 0 Å². The van der Waals surface area contributed by atoms with Gasteiger partial charge in [-0.3, -0.25) is 4.79 Å². The van der Waals surface area contributed by atoms with E-state index in [2.05, 4.69) is 5.32 Å². The van der Waals surface area contributed by atoms with Crippen LogP contribution in [0.1, 0.15) is 36.3 Å². The number of thiophene rings is 1. The van der Waals surface area contributed by atoms with Gasteiger partial charge < -0.3 is 24.6 Å². The van der Waals surface area contributed by atoms with Gasteiger partial charge in [0.1, 0.15) is 6.54 Å². The van der Waals surface area contributed by atoms with Crippen molar-refractivity contribution in [1.82, 2.24) is 15.1 Å². The van der Waals surface area contributed by atoms with Gasteiger partial charge in [-0.1, -0.05) is 49.4 Å². The molecule has 3 amide bonds. The highest BCUT2D eigenvalue weighted by molar-refractivity contribution is 7.09. The Kier molecular flexibility index (Phi) is 10.8. The van der Waals surface area contributed by atoms with Crippen LogP contribution in [0.4, 0.5) is 4.79 Å². The van der Waals surface area contributed by atoms with Gasteiger partial charge in [-0.25, -0.2) is 4.79 Å². The number of benzene rings is 2. The molecule has 2 aromatic carbocycles. The van der Waals surface area contributed by atoms with Crippen LogP contribution in [-0.2, 0) is 24.3 Å². The zero-order valence-electron chi connectivity index (χ0n) is 22.1. The second-order valence-corrected chi connectivity index (χ2v) is 9.90. The number of hydrogen-bond donors (Lipinski definition) is 1. The maximum atomic E-state index is 13.6. The van der Waals surface area contributed by atoms with E-state index < -0.39 is 0 Å². The third kappa shape index (κ3) is 8.25. The summed E-state index contributed by atoms with van der Waals surface area (Å²) in [6, 6.07) is 19.3. The quantitative estimate of drug-likeness (QED) is 0.328. The van der Waals surface area contributed by atoms with E-state index in [0.717, 1.165) is 22.4 Å². The molecule has 37 heavy (non-hydrogen) atoms. The van der Waals surface area contributed by atoms with Gasteiger partial charge in [-0.15, -0.1) is 11.3 Å². The fraction of sp³-hybridized carbons (Fsp3) is 0.379. The molecule has 0 aliphatic carbocycles. The van der Waals surface area contributed by atoms with E-state index >= 15 is 0 Å². The molecule has 0 saturated carbocycles. The van der Waals surface area contributed by atoms with Gasteiger partial charge in [0.15, 0.2) is 11.5 Å². The van der Waals surface area contributed by atoms with Crippen LogP contribution in [0, 0.1) is 0 Å². The lowest BCUT2D eigenvalue weighted by Gasteiger charge is -2.31. The average Bonchev–Trinajstić information content (AvgIpc) is 3.45. The number of hydrogen-bond acceptors (Lipinski definition) is 5. The lowest BCUT2D eigenvalue weighted by Crippen LogP contribution is -2.50. The minimum absolute atomic E-state index is 0.0208. The van der Waals surface area contributed by atoms with E-state index in [1.54, 1.807) is 30.5 Å². The Hall–Kier alpha value is -3.52. The lowest BCUT2D eigenvalue weighted by atomic mass is 10.1. The minimum Gasteiger partial charge on any atom is -0.493 e. The van der Waals surface area contributed by atoms with Gasteiger partial charge in [-0.05, 0) is 54.5 Å². The van der Waals surface area contributed by atoms with Crippen LogP contribution in [-0.4, -0.2) is 55.1 Å². The van der Waals surface area contributed by atoms with Gasteiger partial charge in [0.2, 0.25) is 5.91 Å². The van der Waals surface area contributed by atoms with Crippen molar-refractivity contribution in [2.75, 3.05) is 27.3 Å². The first-order valence-electron chi connectivity index (χ1n) is 12.5. The molecule has 8 heteroatoms. The first-order chi connectivity index (χ1) is 17.9. The number of methoxy groups -OCH3 is 2. The molecule has 3 aromatic rings. The Labute approximate surface area is 224 Å². The summed E-state index contributed by atoms with van der Waals surface area (Å²) in [6.07, 6.45) is 1.41. The highest BCUT2D eigenvalue weighted by atomic mass is 32.1. The minimum atomic E-state index is -0.234. The van der Waals surface area contributed by atoms with E-state index in [1.807, 2.05) is 84.8 Å². The Morgan fingerprint density at radius 3 is 2.38 bits per heavy atom. The number of carbonyl (C=O) groups is 2. The fourth-order valence-corrected chi connectivity index (χ4v) is 4.67. The standard InChI is InChI=1S/C29H37N3O4S/c1-5-22(2)32(29(34)30-19-24-10-7-6-8-11-24)21-28(33)31(20-25-12-9-17-37-25)16-15-23-13-14-26(35-3)27(18-23)36-4/h6-14,17-18,22H,5,15-16,19-21H2,1-4H3,(H,30,34). The monoisotopic (exact) mass is 523 g/mol. The third-order valence-corrected chi connectivity index (χ3v) is 7.23. The predicted molar refractivity (Wildman–Crippen MR) is 148 cm³/mol. The summed E-state index contributed by atoms with van der Waals surface area (Å²) >= 11 is 1.62. The number of urea groups is 1. The molecule has 0 saturated heterocycles. The topological polar surface area (TPSA) is 71.1 Å². The maximum absolute atomic E-state index is 13.6. The van der Waals surface area contributed by atoms with Gasteiger partial charge in [0.25, 0.3) is 0 Å². The normalized spacial score (nSPS) is 11.5. The van der Waals surface area contributed by atoms with Crippen molar-refractivity contribution in [1.29, 1.82) is 0 Å². The predicted octanol–water partition coefficient (Wildman–Crippen LogP) is 5.35. The highest BCUT2D eigenvalue weighted by Crippen LogP contribution is 2.28. The van der Waals surface area contributed by atoms with Crippen LogP contribution < -0.4 is 14.8 Å². The summed E-state index contributed by atoms with van der Waals surface area (Å²) in [4.78, 5) is 31.3. The molecule has 1 atom stereocenters. The van der Waals surface area contributed by atoms with Crippen molar-refractivity contribution in [2.45, 2.75) is 45.8 Å². The Balaban J connectivity index is 1.71. The summed E-state index contributed by atoms with van der Waals surface area (Å²) in [5.74, 6) is 1.25. The molecule has 1 heterocycles. The van der Waals surface area contributed by atoms with E-state index in [-0.39, 0.29) is 24.5 Å². The van der Waals surface area contributed by atoms with Crippen molar-refractivity contribution in [3.05, 3.63) is 82.0 Å². The fourth-order valence-electron chi connectivity index (χ4n) is 3.95. The molecule has 3 rings (SSSR count). The molecule has 0 aliphatic rings. The largest absolute Gasteiger partial charge is 0.493 e. The van der Waals surface area contributed by atoms with Crippen LogP contribution >= 0.6 is 11.3 Å². The molecular weight excluding hydrogens is 486 g/mol. The smallest absolute Gasteiger partial charge is 0.318 e. The molecule has 1 aromatic heterocycles. The SMILES string of the molecule is CCC(C)N(CC(=O)N(CCc1ccc(OC)c(OC)c1)Cc1cccs1)C(=O)NCc1ccccc1. The summed E-state index contributed by atoms with van der Waals surface area (Å²) in [5.41, 5.74) is 2.06. The second-order valence-electron chi connectivity index (χ2n) is 8.86. The second kappa shape index (κ2) is 14.3. The van der Waals surface area contributed by atoms with Crippen LogP contribution in [0.15, 0.2) is 66.0 Å². The number of rotatable bonds is 13. The Bertz CT molecular complexity index is 1120. The zero-order chi connectivity index (χ0) is 26.6. The van der Waals surface area contributed by atoms with Crippen LogP contribution in [0.2, 0.25) is 0 Å². The number of amides is 3. The van der Waals surface area contributed by atoms with Crippen molar-refractivity contribution in [3.63, 3.8) is 0 Å². The van der Waals surface area contributed by atoms with Crippen molar-refractivity contribution in [3.8, 4) is 11.5 Å². The molecule has 0 aliphatic heterocycles. The van der Waals surface area contributed by atoms with Gasteiger partial charge >= 0.3 is 6.03 Å². The molecule has 0 radical (unpaired) electrons. The van der Waals surface area contributed by atoms with E-state index in [1.165, 1.54) is 0 Å². The molecular formula is C29H37N3O4S. The van der Waals surface area contributed by atoms with Crippen molar-refractivity contribution < 1.29 is 19.1 Å². The summed E-state index contributed by atoms with van der Waals surface area (Å²) in [6.45, 7) is 5.46. The highest BCUT2D eigenvalue weighted by Gasteiger charge is 2.25. The van der Waals surface area contributed by atoms with E-state index in [4.69, 9.17) is 9.47 Å². The Morgan fingerprint density at radius 2 is 1.73 bits per heavy atom. The van der Waals surface area contributed by atoms with Crippen LogP contribution in [0.25, 0.3) is 0 Å². The summed E-state index contributed by atoms with van der Waals surface area (Å²) in [5, 5.41) is 4.99. The summed E-state index contributed by atoms with van der Waals surface area (Å²) < 4.78 is 10.8. The number of carbonyl (C=O) groups excluding carboxylic acids is 2. The first kappa shape index (κ1) is 28.1. The molecule has 1 N–H and O–H groups in total. The zero-order valence-corrected chi connectivity index (χ0v) is 22.9. The van der Waals surface area contributed by atoms with Crippen molar-refractivity contribution >= 4 is 23.3 Å². The van der Waals surface area contributed by atoms with Crippen LogP contribution in [0.3, 0.4) is 0 Å². The number of nitrogens with zero attached hydrogens (tertiary/aromatic N) is 2. The van der Waals surface area contributed by atoms with E-state index in [9.17, 15) is 9.59 Å². The molecule has 198 valence electrons.